The Balaban J connectivity index is 1.41. The van der Waals surface area contributed by atoms with Gasteiger partial charge >= 0.3 is 6.03 Å². The molecule has 1 saturated carbocycles. The van der Waals surface area contributed by atoms with E-state index in [1.165, 1.54) is 10.9 Å². The third-order valence-corrected chi connectivity index (χ3v) is 4.33. The summed E-state index contributed by atoms with van der Waals surface area (Å²) in [7, 11) is 0. The van der Waals surface area contributed by atoms with Crippen LogP contribution in [0, 0.1) is 0 Å². The zero-order valence-corrected chi connectivity index (χ0v) is 13.6. The van der Waals surface area contributed by atoms with Crippen molar-refractivity contribution in [1.29, 1.82) is 0 Å². The highest BCUT2D eigenvalue weighted by Gasteiger charge is 2.36. The highest BCUT2D eigenvalue weighted by atomic mass is 16.2. The minimum absolute atomic E-state index is 0.0523. The second-order valence-corrected chi connectivity index (χ2v) is 6.29. The molecule has 9 heteroatoms. The smallest absolute Gasteiger partial charge is 0.322 e. The van der Waals surface area contributed by atoms with Crippen LogP contribution in [0.15, 0.2) is 30.9 Å². The predicted molar refractivity (Wildman–Crippen MR) is 89.1 cm³/mol. The lowest BCUT2D eigenvalue weighted by atomic mass is 10.2. The molecule has 0 radical (unpaired) electrons. The first-order valence-electron chi connectivity index (χ1n) is 8.41. The second-order valence-electron chi connectivity index (χ2n) is 6.29. The van der Waals surface area contributed by atoms with Crippen LogP contribution in [-0.4, -0.2) is 55.2 Å². The van der Waals surface area contributed by atoms with Crippen molar-refractivity contribution in [2.24, 2.45) is 0 Å². The van der Waals surface area contributed by atoms with E-state index in [1.54, 1.807) is 29.6 Å². The fourth-order valence-electron chi connectivity index (χ4n) is 2.91. The molecule has 1 unspecified atom stereocenters. The van der Waals surface area contributed by atoms with Crippen molar-refractivity contribution >= 4 is 17.6 Å². The first kappa shape index (κ1) is 15.6. The van der Waals surface area contributed by atoms with Gasteiger partial charge in [0.05, 0.1) is 18.1 Å². The molecule has 2 aliphatic rings. The van der Waals surface area contributed by atoms with Gasteiger partial charge in [-0.2, -0.15) is 5.10 Å². The van der Waals surface area contributed by atoms with Crippen molar-refractivity contribution < 1.29 is 9.59 Å². The number of carbonyl (C=O) groups excluding carboxylic acids is 2. The molecular weight excluding hydrogens is 322 g/mol. The molecule has 0 bridgehead atoms. The monoisotopic (exact) mass is 341 g/mol. The summed E-state index contributed by atoms with van der Waals surface area (Å²) in [6, 6.07) is 1.33. The number of urea groups is 1. The number of amides is 3. The molecule has 130 valence electrons. The number of nitrogens with one attached hydrogen (secondary N) is 2. The molecule has 4 rings (SSSR count). The largest absolute Gasteiger partial charge is 0.352 e. The first-order chi connectivity index (χ1) is 12.2. The summed E-state index contributed by atoms with van der Waals surface area (Å²) < 4.78 is 1.48. The van der Waals surface area contributed by atoms with E-state index in [9.17, 15) is 9.59 Å². The van der Waals surface area contributed by atoms with E-state index < -0.39 is 6.04 Å². The van der Waals surface area contributed by atoms with Crippen LogP contribution < -0.4 is 10.6 Å². The summed E-state index contributed by atoms with van der Waals surface area (Å²) in [6.07, 6.45) is 10.0. The second kappa shape index (κ2) is 6.50. The van der Waals surface area contributed by atoms with Crippen molar-refractivity contribution in [1.82, 2.24) is 30.0 Å². The normalized spacial score (nSPS) is 19.7. The molecule has 9 nitrogen and oxygen atoms in total. The van der Waals surface area contributed by atoms with Gasteiger partial charge in [0.1, 0.15) is 6.04 Å². The van der Waals surface area contributed by atoms with Gasteiger partial charge < -0.3 is 15.5 Å². The summed E-state index contributed by atoms with van der Waals surface area (Å²) in [5, 5.41) is 9.92. The standard InChI is InChI=1S/C16H19N7O2/c24-14(20-11-4-5-11)13-3-1-8-22(13)16(25)21-12-9-19-23(10-12)15-17-6-2-7-18-15/h2,6-7,9-11,13H,1,3-5,8H2,(H,20,24)(H,21,25). The number of anilines is 1. The van der Waals surface area contributed by atoms with Crippen LogP contribution in [0.25, 0.3) is 5.95 Å². The van der Waals surface area contributed by atoms with Gasteiger partial charge in [-0.15, -0.1) is 0 Å². The molecule has 1 aliphatic heterocycles. The minimum Gasteiger partial charge on any atom is -0.352 e. The van der Waals surface area contributed by atoms with E-state index in [1.807, 2.05) is 0 Å². The molecule has 3 heterocycles. The van der Waals surface area contributed by atoms with Crippen LogP contribution in [0.4, 0.5) is 10.5 Å². The Morgan fingerprint density at radius 1 is 1.16 bits per heavy atom. The summed E-state index contributed by atoms with van der Waals surface area (Å²) in [4.78, 5) is 34.6. The van der Waals surface area contributed by atoms with Crippen molar-refractivity contribution in [3.05, 3.63) is 30.9 Å². The molecule has 2 N–H and O–H groups in total. The Kier molecular flexibility index (Phi) is 4.04. The Hall–Kier alpha value is -2.97. The topological polar surface area (TPSA) is 105 Å². The maximum Gasteiger partial charge on any atom is 0.322 e. The molecule has 2 fully saturated rings. The van der Waals surface area contributed by atoms with Crippen LogP contribution in [0.5, 0.6) is 0 Å². The Labute approximate surface area is 144 Å². The van der Waals surface area contributed by atoms with Crippen LogP contribution in [0.2, 0.25) is 0 Å². The van der Waals surface area contributed by atoms with Gasteiger partial charge in [-0.25, -0.2) is 19.4 Å². The number of carbonyl (C=O) groups is 2. The average Bonchev–Trinajstić information content (AvgIpc) is 3.13. The molecule has 0 spiro atoms. The highest BCUT2D eigenvalue weighted by Crippen LogP contribution is 2.23. The molecule has 1 saturated heterocycles. The van der Waals surface area contributed by atoms with E-state index in [0.29, 0.717) is 30.6 Å². The van der Waals surface area contributed by atoms with Crippen molar-refractivity contribution in [3.63, 3.8) is 0 Å². The molecule has 25 heavy (non-hydrogen) atoms. The van der Waals surface area contributed by atoms with Gasteiger partial charge in [0, 0.05) is 25.0 Å². The fraction of sp³-hybridized carbons (Fsp3) is 0.438. The third kappa shape index (κ3) is 3.44. The molecular formula is C16H19N7O2. The Bertz CT molecular complexity index is 772. The van der Waals surface area contributed by atoms with Gasteiger partial charge in [0.15, 0.2) is 0 Å². The lowest BCUT2D eigenvalue weighted by molar-refractivity contribution is -0.124. The third-order valence-electron chi connectivity index (χ3n) is 4.33. The fourth-order valence-corrected chi connectivity index (χ4v) is 2.91. The van der Waals surface area contributed by atoms with E-state index in [0.717, 1.165) is 19.3 Å². The average molecular weight is 341 g/mol. The van der Waals surface area contributed by atoms with Gasteiger partial charge in [0.25, 0.3) is 0 Å². The molecule has 1 aliphatic carbocycles. The summed E-state index contributed by atoms with van der Waals surface area (Å²) in [5.41, 5.74) is 0.533. The molecule has 0 aromatic carbocycles. The SMILES string of the molecule is O=C(NC1CC1)C1CCCN1C(=O)Nc1cnn(-c2ncccn2)c1. The van der Waals surface area contributed by atoms with Crippen LogP contribution in [0.3, 0.4) is 0 Å². The first-order valence-corrected chi connectivity index (χ1v) is 8.41. The summed E-state index contributed by atoms with van der Waals surface area (Å²) in [6.45, 7) is 0.574. The summed E-state index contributed by atoms with van der Waals surface area (Å²) in [5.74, 6) is 0.370. The van der Waals surface area contributed by atoms with Crippen LogP contribution in [-0.2, 0) is 4.79 Å². The highest BCUT2D eigenvalue weighted by molar-refractivity contribution is 5.94. The van der Waals surface area contributed by atoms with E-state index in [4.69, 9.17) is 0 Å². The van der Waals surface area contributed by atoms with Gasteiger partial charge in [-0.3, -0.25) is 4.79 Å². The number of aromatic nitrogens is 4. The predicted octanol–water partition coefficient (Wildman–Crippen LogP) is 0.937. The van der Waals surface area contributed by atoms with E-state index in [2.05, 4.69) is 25.7 Å². The number of hydrogen-bond acceptors (Lipinski definition) is 5. The molecule has 2 aromatic rings. The Morgan fingerprint density at radius 2 is 1.96 bits per heavy atom. The maximum absolute atomic E-state index is 12.5. The molecule has 1 atom stereocenters. The number of nitrogens with zero attached hydrogens (tertiary/aromatic N) is 5. The van der Waals surface area contributed by atoms with Crippen LogP contribution >= 0.6 is 0 Å². The van der Waals surface area contributed by atoms with Crippen LogP contribution in [0.1, 0.15) is 25.7 Å². The van der Waals surface area contributed by atoms with E-state index in [-0.39, 0.29) is 11.9 Å². The van der Waals surface area contributed by atoms with Gasteiger partial charge in [-0.1, -0.05) is 0 Å². The lowest BCUT2D eigenvalue weighted by Gasteiger charge is -2.23. The lowest BCUT2D eigenvalue weighted by Crippen LogP contribution is -2.47. The van der Waals surface area contributed by atoms with Gasteiger partial charge in [0.2, 0.25) is 11.9 Å². The van der Waals surface area contributed by atoms with Crippen molar-refractivity contribution in [2.45, 2.75) is 37.8 Å². The van der Waals surface area contributed by atoms with E-state index >= 15 is 0 Å². The Morgan fingerprint density at radius 3 is 2.72 bits per heavy atom. The molecule has 2 aromatic heterocycles. The maximum atomic E-state index is 12.5. The zero-order valence-electron chi connectivity index (χ0n) is 13.6. The van der Waals surface area contributed by atoms with Crippen molar-refractivity contribution in [3.8, 4) is 5.95 Å². The quantitative estimate of drug-likeness (QED) is 0.861. The number of rotatable bonds is 4. The zero-order chi connectivity index (χ0) is 17.2. The number of hydrogen-bond donors (Lipinski definition) is 2. The number of likely N-dealkylation sites (tertiary alicyclic amines) is 1. The van der Waals surface area contributed by atoms with Gasteiger partial charge in [-0.05, 0) is 31.7 Å². The van der Waals surface area contributed by atoms with Crippen molar-refractivity contribution in [2.75, 3.05) is 11.9 Å². The summed E-state index contributed by atoms with van der Waals surface area (Å²) >= 11 is 0. The minimum atomic E-state index is -0.395. The molecule has 3 amide bonds.